The van der Waals surface area contributed by atoms with Crippen LogP contribution in [0.3, 0.4) is 0 Å². The van der Waals surface area contributed by atoms with Crippen molar-refractivity contribution < 1.29 is 0 Å². The third-order valence-corrected chi connectivity index (χ3v) is 4.50. The Bertz CT molecular complexity index is 626. The van der Waals surface area contributed by atoms with Crippen molar-refractivity contribution in [2.75, 3.05) is 18.8 Å². The first-order valence-corrected chi connectivity index (χ1v) is 7.20. The Morgan fingerprint density at radius 2 is 2.05 bits per heavy atom. The van der Waals surface area contributed by atoms with Crippen molar-refractivity contribution in [3.05, 3.63) is 23.8 Å². The Morgan fingerprint density at radius 1 is 1.21 bits per heavy atom. The zero-order valence-corrected chi connectivity index (χ0v) is 11.3. The number of likely N-dealkylation sites (tertiary alicyclic amines) is 1. The summed E-state index contributed by atoms with van der Waals surface area (Å²) in [4.78, 5) is 7.14. The molecule has 2 aliphatic rings. The van der Waals surface area contributed by atoms with Gasteiger partial charge in [-0.3, -0.25) is 4.90 Å². The van der Waals surface area contributed by atoms with Crippen LogP contribution in [0, 0.1) is 6.92 Å². The van der Waals surface area contributed by atoms with Gasteiger partial charge in [-0.15, -0.1) is 0 Å². The van der Waals surface area contributed by atoms with Gasteiger partial charge in [-0.25, -0.2) is 4.98 Å². The molecule has 4 nitrogen and oxygen atoms in total. The maximum absolute atomic E-state index is 6.15. The summed E-state index contributed by atoms with van der Waals surface area (Å²) >= 11 is 0. The van der Waals surface area contributed by atoms with E-state index in [0.717, 1.165) is 18.1 Å². The van der Waals surface area contributed by atoms with Crippen LogP contribution < -0.4 is 5.73 Å². The van der Waals surface area contributed by atoms with Gasteiger partial charge in [-0.2, -0.15) is 0 Å². The predicted molar refractivity (Wildman–Crippen MR) is 77.1 cm³/mol. The predicted octanol–water partition coefficient (Wildman–Crippen LogP) is 2.34. The van der Waals surface area contributed by atoms with E-state index in [1.165, 1.54) is 36.9 Å². The molecule has 4 heteroatoms. The molecule has 1 saturated carbocycles. The minimum atomic E-state index is 0.494. The Balaban J connectivity index is 1.72. The van der Waals surface area contributed by atoms with Gasteiger partial charge in [-0.1, -0.05) is 6.07 Å². The molecule has 1 atom stereocenters. The summed E-state index contributed by atoms with van der Waals surface area (Å²) in [5.41, 5.74) is 9.61. The second kappa shape index (κ2) is 3.97. The first-order chi connectivity index (χ1) is 9.22. The van der Waals surface area contributed by atoms with E-state index in [4.69, 9.17) is 5.73 Å². The molecule has 19 heavy (non-hydrogen) atoms. The molecule has 0 spiro atoms. The minimum absolute atomic E-state index is 0.494. The number of aryl methyl sites for hydroxylation is 1. The molecular weight excluding hydrogens is 236 g/mol. The van der Waals surface area contributed by atoms with E-state index in [9.17, 15) is 0 Å². The number of fused-ring (bicyclic) bond motifs is 1. The second-order valence-corrected chi connectivity index (χ2v) is 6.00. The summed E-state index contributed by atoms with van der Waals surface area (Å²) in [6, 6.07) is 7.77. The van der Waals surface area contributed by atoms with Crippen LogP contribution in [0.4, 0.5) is 5.95 Å². The lowest BCUT2D eigenvalue weighted by Gasteiger charge is -2.17. The van der Waals surface area contributed by atoms with Crippen molar-refractivity contribution in [2.45, 2.75) is 38.3 Å². The van der Waals surface area contributed by atoms with Crippen LogP contribution in [0.5, 0.6) is 0 Å². The fraction of sp³-hybridized carbons (Fsp3) is 0.533. The van der Waals surface area contributed by atoms with Crippen LogP contribution in [0.15, 0.2) is 18.2 Å². The average Bonchev–Trinajstić information content (AvgIpc) is 3.02. The number of rotatable bonds is 2. The van der Waals surface area contributed by atoms with Gasteiger partial charge in [0.05, 0.1) is 17.1 Å². The van der Waals surface area contributed by atoms with E-state index >= 15 is 0 Å². The number of nitrogens with two attached hydrogens (primary N) is 1. The van der Waals surface area contributed by atoms with Crippen LogP contribution >= 0.6 is 0 Å². The summed E-state index contributed by atoms with van der Waals surface area (Å²) in [5.74, 6) is 0.670. The number of nitrogen functional groups attached to an aromatic ring is 1. The molecule has 1 aromatic carbocycles. The SMILES string of the molecule is Cc1ccc2c(c1)nc(N)n2C1CCN(C2CC2)C1. The number of nitrogens with zero attached hydrogens (tertiary/aromatic N) is 3. The van der Waals surface area contributed by atoms with E-state index in [0.29, 0.717) is 12.0 Å². The molecule has 1 unspecified atom stereocenters. The molecule has 2 N–H and O–H groups in total. The van der Waals surface area contributed by atoms with Gasteiger partial charge in [0.15, 0.2) is 0 Å². The molecule has 1 aliphatic heterocycles. The Morgan fingerprint density at radius 3 is 2.84 bits per heavy atom. The molecule has 100 valence electrons. The van der Waals surface area contributed by atoms with Crippen molar-refractivity contribution in [1.29, 1.82) is 0 Å². The van der Waals surface area contributed by atoms with E-state index in [1.807, 2.05) is 0 Å². The molecule has 2 heterocycles. The van der Waals surface area contributed by atoms with Gasteiger partial charge in [0.25, 0.3) is 0 Å². The lowest BCUT2D eigenvalue weighted by molar-refractivity contribution is 0.315. The highest BCUT2D eigenvalue weighted by Crippen LogP contribution is 2.35. The van der Waals surface area contributed by atoms with Crippen LogP contribution in [-0.4, -0.2) is 33.6 Å². The molecule has 4 rings (SSSR count). The Hall–Kier alpha value is -1.55. The molecule has 2 aromatic rings. The molecular formula is C15H20N4. The topological polar surface area (TPSA) is 47.1 Å². The molecule has 1 aromatic heterocycles. The van der Waals surface area contributed by atoms with Crippen LogP contribution in [0.1, 0.15) is 30.9 Å². The highest BCUT2D eigenvalue weighted by atomic mass is 15.3. The summed E-state index contributed by atoms with van der Waals surface area (Å²) < 4.78 is 2.25. The molecule has 0 bridgehead atoms. The number of anilines is 1. The largest absolute Gasteiger partial charge is 0.369 e. The van der Waals surface area contributed by atoms with Crippen molar-refractivity contribution >= 4 is 17.0 Å². The van der Waals surface area contributed by atoms with E-state index in [2.05, 4.69) is 39.6 Å². The fourth-order valence-electron chi connectivity index (χ4n) is 3.36. The fourth-order valence-corrected chi connectivity index (χ4v) is 3.36. The third-order valence-electron chi connectivity index (χ3n) is 4.50. The zero-order valence-electron chi connectivity index (χ0n) is 11.3. The number of hydrogen-bond acceptors (Lipinski definition) is 3. The number of benzene rings is 1. The highest BCUT2D eigenvalue weighted by molar-refractivity contribution is 5.79. The Labute approximate surface area is 113 Å². The monoisotopic (exact) mass is 256 g/mol. The quantitative estimate of drug-likeness (QED) is 0.897. The van der Waals surface area contributed by atoms with Gasteiger partial charge in [-0.05, 0) is 43.9 Å². The maximum atomic E-state index is 6.15. The van der Waals surface area contributed by atoms with Crippen LogP contribution in [0.25, 0.3) is 11.0 Å². The summed E-state index contributed by atoms with van der Waals surface area (Å²) in [5, 5.41) is 0. The standard InChI is InChI=1S/C15H20N4/c1-10-2-5-14-13(8-10)17-15(16)19(14)12-6-7-18(9-12)11-3-4-11/h2,5,8,11-12H,3-4,6-7,9H2,1H3,(H2,16,17). The van der Waals surface area contributed by atoms with Crippen LogP contribution in [-0.2, 0) is 0 Å². The molecule has 1 aliphatic carbocycles. The lowest BCUT2D eigenvalue weighted by Crippen LogP contribution is -2.24. The summed E-state index contributed by atoms with van der Waals surface area (Å²) in [6.07, 6.45) is 3.96. The van der Waals surface area contributed by atoms with Crippen molar-refractivity contribution in [2.24, 2.45) is 0 Å². The molecule has 2 fully saturated rings. The Kier molecular flexibility index (Phi) is 2.36. The van der Waals surface area contributed by atoms with Crippen molar-refractivity contribution in [1.82, 2.24) is 14.5 Å². The van der Waals surface area contributed by atoms with Gasteiger partial charge in [0, 0.05) is 19.1 Å². The van der Waals surface area contributed by atoms with Crippen molar-refractivity contribution in [3.63, 3.8) is 0 Å². The second-order valence-electron chi connectivity index (χ2n) is 6.00. The minimum Gasteiger partial charge on any atom is -0.369 e. The average molecular weight is 256 g/mol. The van der Waals surface area contributed by atoms with E-state index in [-0.39, 0.29) is 0 Å². The smallest absolute Gasteiger partial charge is 0.201 e. The number of hydrogen-bond donors (Lipinski definition) is 1. The maximum Gasteiger partial charge on any atom is 0.201 e. The van der Waals surface area contributed by atoms with Crippen LogP contribution in [0.2, 0.25) is 0 Å². The summed E-state index contributed by atoms with van der Waals surface area (Å²) in [6.45, 7) is 4.44. The van der Waals surface area contributed by atoms with Gasteiger partial charge < -0.3 is 10.3 Å². The summed E-state index contributed by atoms with van der Waals surface area (Å²) in [7, 11) is 0. The molecule has 1 saturated heterocycles. The highest BCUT2D eigenvalue weighted by Gasteiger charge is 2.35. The number of aromatic nitrogens is 2. The molecule has 0 radical (unpaired) electrons. The zero-order chi connectivity index (χ0) is 13.0. The van der Waals surface area contributed by atoms with Gasteiger partial charge >= 0.3 is 0 Å². The normalized spacial score (nSPS) is 24.4. The lowest BCUT2D eigenvalue weighted by atomic mass is 10.2. The first kappa shape index (κ1) is 11.3. The third kappa shape index (κ3) is 1.82. The van der Waals surface area contributed by atoms with Gasteiger partial charge in [0.1, 0.15) is 0 Å². The van der Waals surface area contributed by atoms with Crippen molar-refractivity contribution in [3.8, 4) is 0 Å². The first-order valence-electron chi connectivity index (χ1n) is 7.20. The van der Waals surface area contributed by atoms with E-state index < -0.39 is 0 Å². The molecule has 0 amide bonds. The number of imidazole rings is 1. The van der Waals surface area contributed by atoms with Gasteiger partial charge in [0.2, 0.25) is 5.95 Å². The van der Waals surface area contributed by atoms with E-state index in [1.54, 1.807) is 0 Å².